The topological polar surface area (TPSA) is 81.7 Å². The van der Waals surface area contributed by atoms with Crippen LogP contribution in [0.4, 0.5) is 0 Å². The van der Waals surface area contributed by atoms with Gasteiger partial charge in [-0.05, 0) is 24.1 Å². The molecule has 1 unspecified atom stereocenters. The molecule has 1 N–H and O–H groups in total. The number of hydrogen-bond acceptors (Lipinski definition) is 6. The van der Waals surface area contributed by atoms with E-state index in [4.69, 9.17) is 9.47 Å². The molecule has 0 aliphatic carbocycles. The van der Waals surface area contributed by atoms with E-state index in [1.165, 1.54) is 0 Å². The van der Waals surface area contributed by atoms with Crippen molar-refractivity contribution in [2.45, 2.75) is 19.1 Å². The molecule has 116 valence electrons. The molecule has 6 nitrogen and oxygen atoms in total. The summed E-state index contributed by atoms with van der Waals surface area (Å²) < 4.78 is 32.7. The lowest BCUT2D eigenvalue weighted by Crippen LogP contribution is -2.35. The molecule has 1 aliphatic heterocycles. The predicted molar refractivity (Wildman–Crippen MR) is 77.9 cm³/mol. The lowest BCUT2D eigenvalue weighted by atomic mass is 10.2. The molecule has 1 saturated heterocycles. The molecule has 0 aromatic heterocycles. The van der Waals surface area contributed by atoms with Crippen LogP contribution in [0.25, 0.3) is 0 Å². The maximum Gasteiger partial charge on any atom is 0.320 e. The summed E-state index contributed by atoms with van der Waals surface area (Å²) in [6.45, 7) is 0.212. The van der Waals surface area contributed by atoms with Crippen molar-refractivity contribution in [3.63, 3.8) is 0 Å². The Balaban J connectivity index is 1.70. The van der Waals surface area contributed by atoms with Crippen molar-refractivity contribution < 1.29 is 22.7 Å². The van der Waals surface area contributed by atoms with Crippen LogP contribution in [0.5, 0.6) is 5.75 Å². The van der Waals surface area contributed by atoms with Crippen LogP contribution in [-0.2, 0) is 26.0 Å². The number of ether oxygens (including phenoxy) is 2. The van der Waals surface area contributed by atoms with Crippen LogP contribution < -0.4 is 10.1 Å². The minimum atomic E-state index is -2.93. The summed E-state index contributed by atoms with van der Waals surface area (Å²) in [5.74, 6) is 0.633. The number of esters is 1. The van der Waals surface area contributed by atoms with Gasteiger partial charge in [0.05, 0.1) is 25.2 Å². The van der Waals surface area contributed by atoms with Crippen molar-refractivity contribution in [1.82, 2.24) is 5.32 Å². The molecular formula is C14H19NO5S. The number of carbonyl (C=O) groups is 1. The molecule has 1 heterocycles. The zero-order valence-electron chi connectivity index (χ0n) is 11.9. The van der Waals surface area contributed by atoms with Gasteiger partial charge in [-0.3, -0.25) is 4.79 Å². The number of hydrogen-bond donors (Lipinski definition) is 1. The summed E-state index contributed by atoms with van der Waals surface area (Å²) in [4.78, 5) is 11.6. The van der Waals surface area contributed by atoms with Gasteiger partial charge >= 0.3 is 5.97 Å². The fourth-order valence-electron chi connectivity index (χ4n) is 2.12. The SMILES string of the molecule is COc1ccc(COC(=O)CNC2CCS(=O)(=O)C2)cc1. The summed E-state index contributed by atoms with van der Waals surface area (Å²) in [5.41, 5.74) is 0.868. The molecule has 2 rings (SSSR count). The number of nitrogens with one attached hydrogen (secondary N) is 1. The highest BCUT2D eigenvalue weighted by Gasteiger charge is 2.27. The number of carbonyl (C=O) groups excluding carboxylic acids is 1. The van der Waals surface area contributed by atoms with E-state index in [0.29, 0.717) is 6.42 Å². The molecule has 21 heavy (non-hydrogen) atoms. The van der Waals surface area contributed by atoms with Crippen molar-refractivity contribution in [1.29, 1.82) is 0 Å². The molecule has 1 atom stereocenters. The lowest BCUT2D eigenvalue weighted by Gasteiger charge is -2.10. The van der Waals surface area contributed by atoms with Gasteiger partial charge in [-0.1, -0.05) is 12.1 Å². The highest BCUT2D eigenvalue weighted by molar-refractivity contribution is 7.91. The molecule has 7 heteroatoms. The van der Waals surface area contributed by atoms with Gasteiger partial charge < -0.3 is 14.8 Å². The zero-order valence-corrected chi connectivity index (χ0v) is 12.7. The predicted octanol–water partition coefficient (Wildman–Crippen LogP) is 0.515. The van der Waals surface area contributed by atoms with Gasteiger partial charge in [0, 0.05) is 6.04 Å². The third-order valence-electron chi connectivity index (χ3n) is 3.33. The van der Waals surface area contributed by atoms with Crippen LogP contribution in [0.2, 0.25) is 0 Å². The third kappa shape index (κ3) is 5.02. The van der Waals surface area contributed by atoms with Crippen molar-refractivity contribution >= 4 is 15.8 Å². The molecule has 0 saturated carbocycles. The Bertz CT molecular complexity index is 582. The van der Waals surface area contributed by atoms with E-state index >= 15 is 0 Å². The fourth-order valence-corrected chi connectivity index (χ4v) is 3.83. The first-order chi connectivity index (χ1) is 9.98. The van der Waals surface area contributed by atoms with Crippen LogP contribution in [0.15, 0.2) is 24.3 Å². The minimum absolute atomic E-state index is 0.0241. The van der Waals surface area contributed by atoms with Gasteiger partial charge in [0.25, 0.3) is 0 Å². The second-order valence-corrected chi connectivity index (χ2v) is 7.22. The molecule has 1 fully saturated rings. The Morgan fingerprint density at radius 1 is 1.33 bits per heavy atom. The Morgan fingerprint density at radius 3 is 2.62 bits per heavy atom. The van der Waals surface area contributed by atoms with E-state index in [9.17, 15) is 13.2 Å². The van der Waals surface area contributed by atoms with Gasteiger partial charge in [-0.2, -0.15) is 0 Å². The Morgan fingerprint density at radius 2 is 2.05 bits per heavy atom. The number of sulfone groups is 1. The maximum absolute atomic E-state index is 11.6. The van der Waals surface area contributed by atoms with Gasteiger partial charge in [0.2, 0.25) is 0 Å². The van der Waals surface area contributed by atoms with Gasteiger partial charge in [0.1, 0.15) is 12.4 Å². The highest BCUT2D eigenvalue weighted by atomic mass is 32.2. The van der Waals surface area contributed by atoms with Gasteiger partial charge in [0.15, 0.2) is 9.84 Å². The summed E-state index contributed by atoms with van der Waals surface area (Å²) in [7, 11) is -1.34. The van der Waals surface area contributed by atoms with E-state index < -0.39 is 15.8 Å². The second-order valence-electron chi connectivity index (χ2n) is 4.99. The number of rotatable bonds is 6. The number of methoxy groups -OCH3 is 1. The minimum Gasteiger partial charge on any atom is -0.497 e. The fraction of sp³-hybridized carbons (Fsp3) is 0.500. The Labute approximate surface area is 124 Å². The van der Waals surface area contributed by atoms with Gasteiger partial charge in [-0.25, -0.2) is 8.42 Å². The van der Waals surface area contributed by atoms with Crippen LogP contribution in [0, 0.1) is 0 Å². The molecule has 0 amide bonds. The van der Waals surface area contributed by atoms with Gasteiger partial charge in [-0.15, -0.1) is 0 Å². The van der Waals surface area contributed by atoms with E-state index in [1.807, 2.05) is 12.1 Å². The van der Waals surface area contributed by atoms with Crippen LogP contribution >= 0.6 is 0 Å². The first-order valence-corrected chi connectivity index (χ1v) is 8.53. The third-order valence-corrected chi connectivity index (χ3v) is 5.09. The summed E-state index contributed by atoms with van der Waals surface area (Å²) in [6, 6.07) is 7.09. The molecule has 0 radical (unpaired) electrons. The molecule has 1 aromatic rings. The van der Waals surface area contributed by atoms with E-state index in [2.05, 4.69) is 5.32 Å². The summed E-state index contributed by atoms with van der Waals surface area (Å²) in [5, 5.41) is 2.92. The second kappa shape index (κ2) is 6.91. The van der Waals surface area contributed by atoms with E-state index in [0.717, 1.165) is 11.3 Å². The van der Waals surface area contributed by atoms with Crippen molar-refractivity contribution in [3.8, 4) is 5.75 Å². The first-order valence-electron chi connectivity index (χ1n) is 6.71. The molecule has 0 bridgehead atoms. The average Bonchev–Trinajstić information content (AvgIpc) is 2.83. The Kier molecular flexibility index (Phi) is 5.19. The van der Waals surface area contributed by atoms with Crippen LogP contribution in [0.1, 0.15) is 12.0 Å². The van der Waals surface area contributed by atoms with Crippen LogP contribution in [-0.4, -0.2) is 45.6 Å². The standard InChI is InChI=1S/C14H19NO5S/c1-19-13-4-2-11(3-5-13)9-20-14(16)8-15-12-6-7-21(17,18)10-12/h2-5,12,15H,6-10H2,1H3. The monoisotopic (exact) mass is 313 g/mol. The number of benzene rings is 1. The van der Waals surface area contributed by atoms with Crippen LogP contribution in [0.3, 0.4) is 0 Å². The normalized spacial score (nSPS) is 20.1. The first kappa shape index (κ1) is 15.8. The van der Waals surface area contributed by atoms with E-state index in [-0.39, 0.29) is 30.7 Å². The molecule has 1 aromatic carbocycles. The lowest BCUT2D eigenvalue weighted by molar-refractivity contribution is -0.143. The van der Waals surface area contributed by atoms with Crippen molar-refractivity contribution in [2.75, 3.05) is 25.2 Å². The summed E-state index contributed by atoms with van der Waals surface area (Å²) >= 11 is 0. The van der Waals surface area contributed by atoms with Crippen molar-refractivity contribution in [2.24, 2.45) is 0 Å². The Hall–Kier alpha value is -1.60. The molecule has 1 aliphatic rings. The smallest absolute Gasteiger partial charge is 0.320 e. The van der Waals surface area contributed by atoms with Crippen molar-refractivity contribution in [3.05, 3.63) is 29.8 Å². The van der Waals surface area contributed by atoms with E-state index in [1.54, 1.807) is 19.2 Å². The maximum atomic E-state index is 11.6. The summed E-state index contributed by atoms with van der Waals surface area (Å²) in [6.07, 6.45) is 0.550. The largest absolute Gasteiger partial charge is 0.497 e. The quantitative estimate of drug-likeness (QED) is 0.771. The molecular weight excluding hydrogens is 294 g/mol. The highest BCUT2D eigenvalue weighted by Crippen LogP contribution is 2.12. The zero-order chi connectivity index (χ0) is 15.3. The average molecular weight is 313 g/mol. The molecule has 0 spiro atoms.